The van der Waals surface area contributed by atoms with Crippen LogP contribution in [0.15, 0.2) is 11.6 Å². The van der Waals surface area contributed by atoms with Gasteiger partial charge in [0.05, 0.1) is 6.61 Å². The topological polar surface area (TPSA) is 18.5 Å². The van der Waals surface area contributed by atoms with Gasteiger partial charge in [-0.15, -0.1) is 6.42 Å². The summed E-state index contributed by atoms with van der Waals surface area (Å²) in [7, 11) is 0. The van der Waals surface area contributed by atoms with E-state index < -0.39 is 0 Å². The van der Waals surface area contributed by atoms with Crippen molar-refractivity contribution in [1.82, 2.24) is 0 Å². The van der Waals surface area contributed by atoms with Crippen molar-refractivity contribution < 1.29 is 9.47 Å². The van der Waals surface area contributed by atoms with E-state index in [-0.39, 0.29) is 6.29 Å². The van der Waals surface area contributed by atoms with Crippen LogP contribution in [0.4, 0.5) is 0 Å². The van der Waals surface area contributed by atoms with Crippen LogP contribution in [0.5, 0.6) is 0 Å². The summed E-state index contributed by atoms with van der Waals surface area (Å²) in [4.78, 5) is 0. The highest BCUT2D eigenvalue weighted by atomic mass is 16.7. The Labute approximate surface area is 79.9 Å². The minimum atomic E-state index is -0.0180. The lowest BCUT2D eigenvalue weighted by Crippen LogP contribution is -2.22. The Morgan fingerprint density at radius 2 is 2.54 bits per heavy atom. The molecule has 1 fully saturated rings. The molecule has 0 aromatic rings. The minimum Gasteiger partial charge on any atom is -0.353 e. The second-order valence-corrected chi connectivity index (χ2v) is 3.16. The molecule has 2 nitrogen and oxygen atoms in total. The molecule has 1 atom stereocenters. The van der Waals surface area contributed by atoms with E-state index >= 15 is 0 Å². The molecule has 13 heavy (non-hydrogen) atoms. The molecule has 0 saturated carbocycles. The predicted molar refractivity (Wildman–Crippen MR) is 52.1 cm³/mol. The maximum absolute atomic E-state index is 5.46. The van der Waals surface area contributed by atoms with Gasteiger partial charge in [0.25, 0.3) is 0 Å². The van der Waals surface area contributed by atoms with E-state index in [0.29, 0.717) is 6.61 Å². The molecular formula is C11H16O2. The van der Waals surface area contributed by atoms with Crippen molar-refractivity contribution in [3.8, 4) is 12.3 Å². The molecule has 0 radical (unpaired) electrons. The smallest absolute Gasteiger partial charge is 0.157 e. The lowest BCUT2D eigenvalue weighted by molar-refractivity contribution is -0.155. The SMILES string of the molecule is C#C/C(C)=C/COC1CCCCO1. The first-order chi connectivity index (χ1) is 6.33. The number of terminal acetylenes is 1. The van der Waals surface area contributed by atoms with E-state index in [0.717, 1.165) is 25.0 Å². The zero-order valence-electron chi connectivity index (χ0n) is 8.08. The van der Waals surface area contributed by atoms with Crippen LogP contribution in [0.2, 0.25) is 0 Å². The summed E-state index contributed by atoms with van der Waals surface area (Å²) in [5, 5.41) is 0. The van der Waals surface area contributed by atoms with Gasteiger partial charge in [-0.2, -0.15) is 0 Å². The van der Waals surface area contributed by atoms with Gasteiger partial charge in [0.15, 0.2) is 6.29 Å². The average molecular weight is 180 g/mol. The van der Waals surface area contributed by atoms with E-state index in [1.165, 1.54) is 6.42 Å². The van der Waals surface area contributed by atoms with Crippen molar-refractivity contribution in [2.45, 2.75) is 32.5 Å². The van der Waals surface area contributed by atoms with Crippen molar-refractivity contribution in [2.24, 2.45) is 0 Å². The molecule has 1 rings (SSSR count). The van der Waals surface area contributed by atoms with Gasteiger partial charge in [-0.05, 0) is 37.8 Å². The van der Waals surface area contributed by atoms with Gasteiger partial charge < -0.3 is 9.47 Å². The number of hydrogen-bond acceptors (Lipinski definition) is 2. The van der Waals surface area contributed by atoms with Crippen LogP contribution in [0, 0.1) is 12.3 Å². The van der Waals surface area contributed by atoms with E-state index in [2.05, 4.69) is 5.92 Å². The van der Waals surface area contributed by atoms with Crippen LogP contribution in [0.25, 0.3) is 0 Å². The highest BCUT2D eigenvalue weighted by Crippen LogP contribution is 2.13. The Hall–Kier alpha value is -0.780. The van der Waals surface area contributed by atoms with Crippen molar-refractivity contribution in [3.63, 3.8) is 0 Å². The Bertz CT molecular complexity index is 207. The van der Waals surface area contributed by atoms with E-state index in [9.17, 15) is 0 Å². The summed E-state index contributed by atoms with van der Waals surface area (Å²) in [5.74, 6) is 2.54. The summed E-state index contributed by atoms with van der Waals surface area (Å²) in [6, 6.07) is 0. The summed E-state index contributed by atoms with van der Waals surface area (Å²) < 4.78 is 10.9. The Kier molecular flexibility index (Phi) is 4.59. The van der Waals surface area contributed by atoms with Crippen molar-refractivity contribution in [3.05, 3.63) is 11.6 Å². The van der Waals surface area contributed by atoms with Crippen LogP contribution in [-0.4, -0.2) is 19.5 Å². The normalized spacial score (nSPS) is 24.0. The molecule has 1 heterocycles. The summed E-state index contributed by atoms with van der Waals surface area (Å²) >= 11 is 0. The Morgan fingerprint density at radius 3 is 3.15 bits per heavy atom. The highest BCUT2D eigenvalue weighted by Gasteiger charge is 2.12. The third kappa shape index (κ3) is 4.12. The molecule has 0 N–H and O–H groups in total. The number of hydrogen-bond donors (Lipinski definition) is 0. The molecule has 0 aromatic heterocycles. The predicted octanol–water partition coefficient (Wildman–Crippen LogP) is 2.11. The summed E-state index contributed by atoms with van der Waals surface area (Å²) in [5.41, 5.74) is 0.913. The van der Waals surface area contributed by atoms with Crippen molar-refractivity contribution >= 4 is 0 Å². The fraction of sp³-hybridized carbons (Fsp3) is 0.636. The van der Waals surface area contributed by atoms with Crippen LogP contribution < -0.4 is 0 Å². The standard InChI is InChI=1S/C11H16O2/c1-3-10(2)7-9-13-11-6-4-5-8-12-11/h1,7,11H,4-6,8-9H2,2H3/b10-7+. The first-order valence-corrected chi connectivity index (χ1v) is 4.69. The van der Waals surface area contributed by atoms with Crippen LogP contribution in [0.3, 0.4) is 0 Å². The second-order valence-electron chi connectivity index (χ2n) is 3.16. The lowest BCUT2D eigenvalue weighted by Gasteiger charge is -2.21. The molecule has 0 aliphatic carbocycles. The monoisotopic (exact) mass is 180 g/mol. The fourth-order valence-corrected chi connectivity index (χ4v) is 1.18. The highest BCUT2D eigenvalue weighted by molar-refractivity contribution is 5.22. The van der Waals surface area contributed by atoms with Crippen LogP contribution >= 0.6 is 0 Å². The molecule has 0 amide bonds. The molecule has 1 unspecified atom stereocenters. The quantitative estimate of drug-likeness (QED) is 0.619. The molecule has 1 saturated heterocycles. The third-order valence-electron chi connectivity index (χ3n) is 2.04. The Balaban J connectivity index is 2.15. The molecule has 72 valence electrons. The van der Waals surface area contributed by atoms with Gasteiger partial charge in [-0.25, -0.2) is 0 Å². The molecule has 1 aliphatic heterocycles. The Morgan fingerprint density at radius 1 is 1.69 bits per heavy atom. The maximum atomic E-state index is 5.46. The van der Waals surface area contributed by atoms with E-state index in [1.54, 1.807) is 0 Å². The fourth-order valence-electron chi connectivity index (χ4n) is 1.18. The molecule has 1 aliphatic rings. The zero-order chi connectivity index (χ0) is 9.52. The second kappa shape index (κ2) is 5.80. The van der Waals surface area contributed by atoms with Gasteiger partial charge in [-0.3, -0.25) is 0 Å². The maximum Gasteiger partial charge on any atom is 0.157 e. The first kappa shape index (κ1) is 10.3. The number of rotatable bonds is 3. The average Bonchev–Trinajstić information content (AvgIpc) is 2.19. The van der Waals surface area contributed by atoms with Crippen LogP contribution in [-0.2, 0) is 9.47 Å². The van der Waals surface area contributed by atoms with Gasteiger partial charge in [0.1, 0.15) is 0 Å². The minimum absolute atomic E-state index is 0.0180. The number of allylic oxidation sites excluding steroid dienone is 1. The number of ether oxygens (including phenoxy) is 2. The largest absolute Gasteiger partial charge is 0.353 e. The van der Waals surface area contributed by atoms with E-state index in [1.807, 2.05) is 13.0 Å². The molecular weight excluding hydrogens is 164 g/mol. The molecule has 0 aromatic carbocycles. The zero-order valence-corrected chi connectivity index (χ0v) is 8.08. The van der Waals surface area contributed by atoms with Gasteiger partial charge in [0, 0.05) is 6.61 Å². The summed E-state index contributed by atoms with van der Waals surface area (Å²) in [6.07, 6.45) is 10.4. The van der Waals surface area contributed by atoms with Crippen molar-refractivity contribution in [1.29, 1.82) is 0 Å². The van der Waals surface area contributed by atoms with Crippen LogP contribution in [0.1, 0.15) is 26.2 Å². The van der Waals surface area contributed by atoms with Crippen molar-refractivity contribution in [2.75, 3.05) is 13.2 Å². The summed E-state index contributed by atoms with van der Waals surface area (Å²) in [6.45, 7) is 3.27. The molecule has 0 spiro atoms. The molecule has 2 heteroatoms. The first-order valence-electron chi connectivity index (χ1n) is 4.69. The molecule has 0 bridgehead atoms. The van der Waals surface area contributed by atoms with Gasteiger partial charge in [0.2, 0.25) is 0 Å². The van der Waals surface area contributed by atoms with E-state index in [4.69, 9.17) is 15.9 Å². The lowest BCUT2D eigenvalue weighted by atomic mass is 10.2. The van der Waals surface area contributed by atoms with Gasteiger partial charge >= 0.3 is 0 Å². The third-order valence-corrected chi connectivity index (χ3v) is 2.04. The van der Waals surface area contributed by atoms with Gasteiger partial charge in [-0.1, -0.05) is 5.92 Å².